The number of likely N-dealkylation sites (tertiary alicyclic amines) is 1. The predicted octanol–water partition coefficient (Wildman–Crippen LogP) is 1.13. The molecule has 3 N–H and O–H groups in total. The molecule has 104 valence electrons. The van der Waals surface area contributed by atoms with E-state index in [1.807, 2.05) is 0 Å². The van der Waals surface area contributed by atoms with Crippen molar-refractivity contribution in [3.05, 3.63) is 12.7 Å². The molecule has 1 aliphatic heterocycles. The van der Waals surface area contributed by atoms with E-state index in [-0.39, 0.29) is 5.91 Å². The topological polar surface area (TPSA) is 58.4 Å². The van der Waals surface area contributed by atoms with Crippen LogP contribution < -0.4 is 11.1 Å². The normalized spacial score (nSPS) is 19.4. The summed E-state index contributed by atoms with van der Waals surface area (Å²) in [6.07, 6.45) is 5.82. The zero-order valence-electron chi connectivity index (χ0n) is 11.5. The summed E-state index contributed by atoms with van der Waals surface area (Å²) >= 11 is 0. The van der Waals surface area contributed by atoms with E-state index in [1.165, 1.54) is 25.9 Å². The summed E-state index contributed by atoms with van der Waals surface area (Å²) in [5.41, 5.74) is 5.67. The van der Waals surface area contributed by atoms with Gasteiger partial charge in [0.25, 0.3) is 0 Å². The van der Waals surface area contributed by atoms with Crippen LogP contribution in [0.25, 0.3) is 0 Å². The molecule has 0 aliphatic carbocycles. The first-order chi connectivity index (χ1) is 8.63. The standard InChI is InChI=1S/C14H27N3O/c1-3-5-13(15)14(18)16-8-4-9-17-10-6-12(2)7-11-17/h3,12-13H,1,4-11,15H2,2H3,(H,16,18). The van der Waals surface area contributed by atoms with Gasteiger partial charge in [0, 0.05) is 6.54 Å². The number of nitrogens with zero attached hydrogens (tertiary/aromatic N) is 1. The lowest BCUT2D eigenvalue weighted by atomic mass is 9.99. The van der Waals surface area contributed by atoms with Crippen LogP contribution in [0.1, 0.15) is 32.6 Å². The molecule has 1 heterocycles. The van der Waals surface area contributed by atoms with E-state index in [2.05, 4.69) is 23.7 Å². The molecule has 0 aromatic carbocycles. The fourth-order valence-electron chi connectivity index (χ4n) is 2.22. The number of hydrogen-bond donors (Lipinski definition) is 2. The highest BCUT2D eigenvalue weighted by molar-refractivity contribution is 5.81. The molecule has 1 aliphatic rings. The third-order valence-corrected chi connectivity index (χ3v) is 3.58. The second-order valence-corrected chi connectivity index (χ2v) is 5.30. The number of hydrogen-bond acceptors (Lipinski definition) is 3. The van der Waals surface area contributed by atoms with Crippen LogP contribution in [0.2, 0.25) is 0 Å². The van der Waals surface area contributed by atoms with Gasteiger partial charge < -0.3 is 16.0 Å². The van der Waals surface area contributed by atoms with Crippen LogP contribution in [0.3, 0.4) is 0 Å². The van der Waals surface area contributed by atoms with E-state index in [9.17, 15) is 4.79 Å². The molecular formula is C14H27N3O. The second kappa shape index (κ2) is 8.27. The number of piperidine rings is 1. The Balaban J connectivity index is 2.04. The van der Waals surface area contributed by atoms with Crippen LogP contribution in [-0.4, -0.2) is 43.0 Å². The minimum absolute atomic E-state index is 0.0674. The molecular weight excluding hydrogens is 226 g/mol. The van der Waals surface area contributed by atoms with Crippen LogP contribution in [0, 0.1) is 5.92 Å². The average Bonchev–Trinajstić information content (AvgIpc) is 2.36. The Labute approximate surface area is 111 Å². The van der Waals surface area contributed by atoms with E-state index in [0.717, 1.165) is 25.4 Å². The third-order valence-electron chi connectivity index (χ3n) is 3.58. The van der Waals surface area contributed by atoms with Crippen molar-refractivity contribution in [3.8, 4) is 0 Å². The average molecular weight is 253 g/mol. The van der Waals surface area contributed by atoms with Crippen LogP contribution in [0.4, 0.5) is 0 Å². The van der Waals surface area contributed by atoms with Gasteiger partial charge in [0.1, 0.15) is 0 Å². The van der Waals surface area contributed by atoms with Crippen molar-refractivity contribution in [1.82, 2.24) is 10.2 Å². The molecule has 4 nitrogen and oxygen atoms in total. The molecule has 1 saturated heterocycles. The Morgan fingerprint density at radius 3 is 2.83 bits per heavy atom. The van der Waals surface area contributed by atoms with Crippen molar-refractivity contribution in [3.63, 3.8) is 0 Å². The van der Waals surface area contributed by atoms with Gasteiger partial charge in [0.2, 0.25) is 5.91 Å². The molecule has 0 radical (unpaired) electrons. The smallest absolute Gasteiger partial charge is 0.237 e. The third kappa shape index (κ3) is 5.65. The minimum Gasteiger partial charge on any atom is -0.355 e. The van der Waals surface area contributed by atoms with Crippen molar-refractivity contribution in [2.75, 3.05) is 26.2 Å². The van der Waals surface area contributed by atoms with E-state index in [4.69, 9.17) is 5.73 Å². The summed E-state index contributed by atoms with van der Waals surface area (Å²) in [5, 5.41) is 2.88. The highest BCUT2D eigenvalue weighted by Crippen LogP contribution is 2.15. The Morgan fingerprint density at radius 1 is 1.56 bits per heavy atom. The maximum atomic E-state index is 11.5. The van der Waals surface area contributed by atoms with Crippen LogP contribution >= 0.6 is 0 Å². The second-order valence-electron chi connectivity index (χ2n) is 5.30. The van der Waals surface area contributed by atoms with Crippen molar-refractivity contribution < 1.29 is 4.79 Å². The summed E-state index contributed by atoms with van der Waals surface area (Å²) in [4.78, 5) is 14.0. The monoisotopic (exact) mass is 253 g/mol. The Morgan fingerprint density at radius 2 is 2.22 bits per heavy atom. The van der Waals surface area contributed by atoms with E-state index in [1.54, 1.807) is 6.08 Å². The maximum Gasteiger partial charge on any atom is 0.237 e. The molecule has 4 heteroatoms. The highest BCUT2D eigenvalue weighted by atomic mass is 16.2. The van der Waals surface area contributed by atoms with Gasteiger partial charge in [0.15, 0.2) is 0 Å². The van der Waals surface area contributed by atoms with Crippen LogP contribution in [0.15, 0.2) is 12.7 Å². The fourth-order valence-corrected chi connectivity index (χ4v) is 2.22. The zero-order valence-corrected chi connectivity index (χ0v) is 11.5. The van der Waals surface area contributed by atoms with Crippen molar-refractivity contribution in [1.29, 1.82) is 0 Å². The molecule has 0 spiro atoms. The van der Waals surface area contributed by atoms with Crippen molar-refractivity contribution in [2.45, 2.75) is 38.6 Å². The SMILES string of the molecule is C=CCC(N)C(=O)NCCCN1CCC(C)CC1. The van der Waals surface area contributed by atoms with Gasteiger partial charge in [0.05, 0.1) is 6.04 Å². The van der Waals surface area contributed by atoms with Gasteiger partial charge in [-0.25, -0.2) is 0 Å². The molecule has 1 unspecified atom stereocenters. The molecule has 1 rings (SSSR count). The molecule has 18 heavy (non-hydrogen) atoms. The first kappa shape index (κ1) is 15.2. The molecule has 0 bridgehead atoms. The summed E-state index contributed by atoms with van der Waals surface area (Å²) in [7, 11) is 0. The van der Waals surface area contributed by atoms with Gasteiger partial charge in [-0.2, -0.15) is 0 Å². The first-order valence-electron chi connectivity index (χ1n) is 7.00. The number of carbonyl (C=O) groups is 1. The lowest BCUT2D eigenvalue weighted by molar-refractivity contribution is -0.122. The molecule has 1 atom stereocenters. The number of nitrogens with one attached hydrogen (secondary N) is 1. The highest BCUT2D eigenvalue weighted by Gasteiger charge is 2.15. The van der Waals surface area contributed by atoms with Crippen molar-refractivity contribution in [2.24, 2.45) is 11.7 Å². The zero-order chi connectivity index (χ0) is 13.4. The maximum absolute atomic E-state index is 11.5. The molecule has 1 amide bonds. The summed E-state index contributed by atoms with van der Waals surface area (Å²) in [6.45, 7) is 10.1. The molecule has 0 aromatic rings. The first-order valence-corrected chi connectivity index (χ1v) is 7.00. The molecule has 1 fully saturated rings. The fraction of sp³-hybridized carbons (Fsp3) is 0.786. The number of rotatable bonds is 7. The van der Waals surface area contributed by atoms with Gasteiger partial charge in [-0.1, -0.05) is 13.0 Å². The Hall–Kier alpha value is -0.870. The van der Waals surface area contributed by atoms with E-state index in [0.29, 0.717) is 6.42 Å². The molecule has 0 aromatic heterocycles. The number of amides is 1. The summed E-state index contributed by atoms with van der Waals surface area (Å²) in [6, 6.07) is -0.446. The van der Waals surface area contributed by atoms with Crippen LogP contribution in [0.5, 0.6) is 0 Å². The Bertz CT molecular complexity index is 260. The lowest BCUT2D eigenvalue weighted by Gasteiger charge is -2.30. The molecule has 0 saturated carbocycles. The van der Waals surface area contributed by atoms with Gasteiger partial charge in [-0.15, -0.1) is 6.58 Å². The summed E-state index contributed by atoms with van der Waals surface area (Å²) in [5.74, 6) is 0.806. The van der Waals surface area contributed by atoms with E-state index < -0.39 is 6.04 Å². The summed E-state index contributed by atoms with van der Waals surface area (Å²) < 4.78 is 0. The predicted molar refractivity (Wildman–Crippen MR) is 75.3 cm³/mol. The van der Waals surface area contributed by atoms with Gasteiger partial charge >= 0.3 is 0 Å². The number of nitrogens with two attached hydrogens (primary N) is 1. The minimum atomic E-state index is -0.446. The van der Waals surface area contributed by atoms with Gasteiger partial charge in [-0.05, 0) is 51.2 Å². The van der Waals surface area contributed by atoms with Gasteiger partial charge in [-0.3, -0.25) is 4.79 Å². The van der Waals surface area contributed by atoms with E-state index >= 15 is 0 Å². The Kier molecular flexibility index (Phi) is 6.98. The quantitative estimate of drug-likeness (QED) is 0.528. The number of carbonyl (C=O) groups excluding carboxylic acids is 1. The van der Waals surface area contributed by atoms with Crippen molar-refractivity contribution >= 4 is 5.91 Å². The van der Waals surface area contributed by atoms with Crippen LogP contribution in [-0.2, 0) is 4.79 Å². The lowest BCUT2D eigenvalue weighted by Crippen LogP contribution is -2.41. The largest absolute Gasteiger partial charge is 0.355 e.